The first-order valence-electron chi connectivity index (χ1n) is 11.7. The van der Waals surface area contributed by atoms with Crippen molar-refractivity contribution < 1.29 is 45.1 Å². The summed E-state index contributed by atoms with van der Waals surface area (Å²) >= 11 is 1.19. The van der Waals surface area contributed by atoms with Crippen LogP contribution in [0.4, 0.5) is 30.7 Å². The first-order chi connectivity index (χ1) is 18.2. The number of aryl methyl sites for hydroxylation is 1. The molecule has 39 heavy (non-hydrogen) atoms. The Morgan fingerprint density at radius 2 is 1.92 bits per heavy atom. The first-order valence-corrected chi connectivity index (χ1v) is 12.6. The molecule has 1 aliphatic heterocycles. The number of nitrogens with zero attached hydrogens (tertiary/aromatic N) is 2. The Balaban J connectivity index is 0.000000242. The second-order valence-electron chi connectivity index (χ2n) is 8.77. The van der Waals surface area contributed by atoms with E-state index in [1.165, 1.54) is 40.9 Å². The molecule has 2 amide bonds. The summed E-state index contributed by atoms with van der Waals surface area (Å²) in [6.07, 6.45) is -6.80. The number of ether oxygens (including phenoxy) is 1. The smallest absolute Gasteiger partial charge is 0.408 e. The third-order valence-electron chi connectivity index (χ3n) is 5.40. The Bertz CT molecular complexity index is 1190. The molecule has 0 bridgehead atoms. The van der Waals surface area contributed by atoms with Crippen molar-refractivity contribution in [3.63, 3.8) is 0 Å². The number of nitrogens with one attached hydrogen (secondary N) is 2. The number of amides is 2. The number of carbonyl (C=O) groups is 2. The lowest BCUT2D eigenvalue weighted by molar-refractivity contribution is -0.160. The quantitative estimate of drug-likeness (QED) is 0.196. The molecule has 4 rings (SSSR count). The normalized spacial score (nSPS) is 17.7. The Morgan fingerprint density at radius 3 is 2.49 bits per heavy atom. The summed E-state index contributed by atoms with van der Waals surface area (Å²) in [4.78, 5) is 24.5. The van der Waals surface area contributed by atoms with E-state index < -0.39 is 48.9 Å². The highest BCUT2D eigenvalue weighted by atomic mass is 32.2. The number of rotatable bonds is 8. The predicted molar refractivity (Wildman–Crippen MR) is 129 cm³/mol. The van der Waals surface area contributed by atoms with E-state index in [0.29, 0.717) is 5.25 Å². The van der Waals surface area contributed by atoms with Crippen LogP contribution in [-0.2, 0) is 16.6 Å². The molecule has 2 N–H and O–H groups in total. The van der Waals surface area contributed by atoms with Gasteiger partial charge in [0.25, 0.3) is 11.8 Å². The van der Waals surface area contributed by atoms with Crippen LogP contribution in [0, 0.1) is 5.82 Å². The number of halogens is 7. The molecule has 1 aliphatic carbocycles. The number of alkyl halides is 6. The van der Waals surface area contributed by atoms with Crippen LogP contribution in [0.2, 0.25) is 0 Å². The zero-order valence-electron chi connectivity index (χ0n) is 20.5. The van der Waals surface area contributed by atoms with Crippen LogP contribution in [0.25, 0.3) is 5.57 Å². The van der Waals surface area contributed by atoms with Crippen molar-refractivity contribution in [3.05, 3.63) is 53.6 Å². The highest BCUT2D eigenvalue weighted by molar-refractivity contribution is 7.98. The maximum Gasteiger partial charge on any atom is 0.408 e. The third kappa shape index (κ3) is 9.79. The van der Waals surface area contributed by atoms with Gasteiger partial charge < -0.3 is 10.1 Å². The second-order valence-corrected chi connectivity index (χ2v) is 9.88. The van der Waals surface area contributed by atoms with Gasteiger partial charge in [0.15, 0.2) is 0 Å². The molecule has 1 saturated carbocycles. The minimum Gasteiger partial charge on any atom is -0.493 e. The second kappa shape index (κ2) is 12.7. The molecule has 2 heterocycles. The lowest BCUT2D eigenvalue weighted by Gasteiger charge is -2.28. The number of carbonyl (C=O) groups excluding carboxylic acids is 2. The molecule has 214 valence electrons. The molecule has 1 aromatic carbocycles. The van der Waals surface area contributed by atoms with Gasteiger partial charge in [-0.05, 0) is 49.4 Å². The minimum atomic E-state index is -4.60. The van der Waals surface area contributed by atoms with Gasteiger partial charge in [-0.2, -0.15) is 31.4 Å². The maximum absolute atomic E-state index is 13.0. The molecular weight excluding hydrogens is 557 g/mol. The van der Waals surface area contributed by atoms with Gasteiger partial charge in [0.2, 0.25) is 0 Å². The van der Waals surface area contributed by atoms with E-state index >= 15 is 0 Å². The van der Waals surface area contributed by atoms with Crippen LogP contribution >= 0.6 is 11.9 Å². The lowest BCUT2D eigenvalue weighted by Crippen LogP contribution is -2.50. The summed E-state index contributed by atoms with van der Waals surface area (Å²) in [5.41, 5.74) is -0.0962. The van der Waals surface area contributed by atoms with Crippen LogP contribution < -0.4 is 14.8 Å². The highest BCUT2D eigenvalue weighted by Crippen LogP contribution is 2.35. The molecule has 0 saturated heterocycles. The van der Waals surface area contributed by atoms with E-state index in [-0.39, 0.29) is 35.6 Å². The molecule has 0 radical (unpaired) electrons. The van der Waals surface area contributed by atoms with E-state index in [4.69, 9.17) is 4.74 Å². The summed E-state index contributed by atoms with van der Waals surface area (Å²) in [6.45, 7) is -0.0665. The maximum atomic E-state index is 13.0. The molecule has 2 aromatic rings. The Kier molecular flexibility index (Phi) is 9.91. The van der Waals surface area contributed by atoms with Gasteiger partial charge in [-0.15, -0.1) is 0 Å². The van der Waals surface area contributed by atoms with Gasteiger partial charge in [0.05, 0.1) is 12.3 Å². The van der Waals surface area contributed by atoms with Gasteiger partial charge in [0.1, 0.15) is 23.2 Å². The highest BCUT2D eigenvalue weighted by Gasteiger charge is 2.46. The van der Waals surface area contributed by atoms with Gasteiger partial charge in [-0.1, -0.05) is 6.07 Å². The Hall–Kier alpha value is -3.23. The van der Waals surface area contributed by atoms with E-state index in [1.54, 1.807) is 13.2 Å². The molecule has 15 heteroatoms. The number of hydrogen-bond acceptors (Lipinski definition) is 5. The van der Waals surface area contributed by atoms with Crippen molar-refractivity contribution in [1.29, 1.82) is 0 Å². The van der Waals surface area contributed by atoms with Gasteiger partial charge >= 0.3 is 12.4 Å². The zero-order chi connectivity index (χ0) is 28.8. The zero-order valence-corrected chi connectivity index (χ0v) is 21.4. The van der Waals surface area contributed by atoms with E-state index in [2.05, 4.69) is 9.82 Å². The number of benzene rings is 1. The minimum absolute atomic E-state index is 0.00979. The third-order valence-corrected chi connectivity index (χ3v) is 6.51. The fourth-order valence-corrected chi connectivity index (χ4v) is 4.11. The standard InChI is InChI=1S/C14H15F3N4O2S.C10H10F4O/c1-21-5-4-9(19-21)8-6-10(14(15,16)17)18-12(22)11(8)13(23)20-24-7-2-3-7;11-8-3-1-4-9(7-8)15-6-2-5-10(12,13)14/h4-5,7,10H,2-3,6H2,1H3,(H,18,22)(H,20,23);1,3-4,7H,2,5-6H2. The molecule has 2 aliphatic rings. The van der Waals surface area contributed by atoms with Crippen LogP contribution in [0.15, 0.2) is 42.1 Å². The average Bonchev–Trinajstić information content (AvgIpc) is 3.57. The van der Waals surface area contributed by atoms with Crippen molar-refractivity contribution in [2.45, 2.75) is 55.7 Å². The summed E-state index contributed by atoms with van der Waals surface area (Å²) in [7, 11) is 1.61. The molecule has 1 aromatic heterocycles. The topological polar surface area (TPSA) is 85.3 Å². The summed E-state index contributed by atoms with van der Waals surface area (Å²) in [6, 6.07) is 4.76. The Morgan fingerprint density at radius 1 is 1.21 bits per heavy atom. The molecule has 7 nitrogen and oxygen atoms in total. The fourth-order valence-electron chi connectivity index (χ4n) is 3.36. The van der Waals surface area contributed by atoms with E-state index in [0.717, 1.165) is 18.9 Å². The van der Waals surface area contributed by atoms with Crippen LogP contribution in [-0.4, -0.2) is 51.8 Å². The SMILES string of the molecule is Cn1ccc(C2=C(C(=O)NSC3CC3)C(=O)NC(C(F)(F)F)C2)n1.Fc1cccc(OCCCC(F)(F)F)c1. The van der Waals surface area contributed by atoms with E-state index in [1.807, 2.05) is 5.32 Å². The van der Waals surface area contributed by atoms with Crippen molar-refractivity contribution >= 4 is 29.3 Å². The van der Waals surface area contributed by atoms with Crippen molar-refractivity contribution in [2.24, 2.45) is 7.05 Å². The molecular formula is C24H25F7N4O3S. The molecule has 1 unspecified atom stereocenters. The average molecular weight is 583 g/mol. The monoisotopic (exact) mass is 582 g/mol. The summed E-state index contributed by atoms with van der Waals surface area (Å²) < 4.78 is 95.8. The van der Waals surface area contributed by atoms with Crippen LogP contribution in [0.1, 0.15) is 37.8 Å². The van der Waals surface area contributed by atoms with Crippen molar-refractivity contribution in [2.75, 3.05) is 6.61 Å². The van der Waals surface area contributed by atoms with Gasteiger partial charge in [-0.25, -0.2) is 4.39 Å². The molecule has 0 spiro atoms. The van der Waals surface area contributed by atoms with Gasteiger partial charge in [-0.3, -0.25) is 19.0 Å². The predicted octanol–water partition coefficient (Wildman–Crippen LogP) is 5.10. The van der Waals surface area contributed by atoms with Crippen molar-refractivity contribution in [3.8, 4) is 5.75 Å². The molecule has 1 fully saturated rings. The summed E-state index contributed by atoms with van der Waals surface area (Å²) in [5, 5.41) is 6.23. The first kappa shape index (κ1) is 30.3. The Labute approximate surface area is 223 Å². The lowest BCUT2D eigenvalue weighted by atomic mass is 9.92. The number of hydrogen-bond donors (Lipinski definition) is 2. The number of aromatic nitrogens is 2. The van der Waals surface area contributed by atoms with Crippen LogP contribution in [0.5, 0.6) is 5.75 Å². The van der Waals surface area contributed by atoms with Crippen molar-refractivity contribution in [1.82, 2.24) is 19.8 Å². The van der Waals surface area contributed by atoms with Gasteiger partial charge in [0, 0.05) is 43.0 Å². The largest absolute Gasteiger partial charge is 0.493 e. The molecule has 1 atom stereocenters. The summed E-state index contributed by atoms with van der Waals surface area (Å²) in [5.74, 6) is -1.94. The van der Waals surface area contributed by atoms with E-state index in [9.17, 15) is 40.3 Å². The fraction of sp³-hybridized carbons (Fsp3) is 0.458. The van der Waals surface area contributed by atoms with Crippen LogP contribution in [0.3, 0.4) is 0 Å².